The molecule has 0 amide bonds. The van der Waals surface area contributed by atoms with E-state index in [0.717, 1.165) is 42.2 Å². The minimum atomic E-state index is 0. The van der Waals surface area contributed by atoms with Gasteiger partial charge in [0.05, 0.1) is 6.54 Å². The molecule has 27 heavy (non-hydrogen) atoms. The number of halogens is 1. The molecule has 5 nitrogen and oxygen atoms in total. The van der Waals surface area contributed by atoms with Gasteiger partial charge in [-0.05, 0) is 30.7 Å². The molecule has 1 aliphatic heterocycles. The lowest BCUT2D eigenvalue weighted by atomic mass is 10.2. The van der Waals surface area contributed by atoms with Crippen LogP contribution in [0.2, 0.25) is 0 Å². The van der Waals surface area contributed by atoms with Crippen molar-refractivity contribution in [2.75, 3.05) is 25.0 Å². The highest BCUT2D eigenvalue weighted by molar-refractivity contribution is 14.0. The first kappa shape index (κ1) is 19.5. The maximum atomic E-state index is 5.85. The zero-order valence-corrected chi connectivity index (χ0v) is 17.7. The van der Waals surface area contributed by atoms with E-state index >= 15 is 0 Å². The van der Waals surface area contributed by atoms with Gasteiger partial charge in [-0.1, -0.05) is 36.4 Å². The molecule has 0 radical (unpaired) electrons. The molecular formula is C21H25IN4O. The first-order chi connectivity index (χ1) is 12.8. The highest BCUT2D eigenvalue weighted by Gasteiger charge is 2.23. The monoisotopic (exact) mass is 476 g/mol. The summed E-state index contributed by atoms with van der Waals surface area (Å²) in [5.41, 5.74) is 2.20. The summed E-state index contributed by atoms with van der Waals surface area (Å²) in [6.45, 7) is 2.65. The summed E-state index contributed by atoms with van der Waals surface area (Å²) >= 11 is 0. The molecule has 0 spiro atoms. The lowest BCUT2D eigenvalue weighted by Crippen LogP contribution is -2.44. The van der Waals surface area contributed by atoms with Crippen LogP contribution in [0.25, 0.3) is 11.0 Å². The van der Waals surface area contributed by atoms with Gasteiger partial charge in [0.2, 0.25) is 0 Å². The van der Waals surface area contributed by atoms with Gasteiger partial charge in [-0.2, -0.15) is 0 Å². The number of fused-ring (bicyclic) bond motifs is 1. The number of aliphatic imine (C=N–C) groups is 1. The summed E-state index contributed by atoms with van der Waals surface area (Å²) in [5, 5.41) is 8.01. The number of furan rings is 1. The number of nitrogens with zero attached hydrogens (tertiary/aromatic N) is 2. The zero-order chi connectivity index (χ0) is 17.8. The van der Waals surface area contributed by atoms with E-state index in [1.807, 2.05) is 18.2 Å². The van der Waals surface area contributed by atoms with Crippen LogP contribution in [0.1, 0.15) is 12.2 Å². The molecule has 4 rings (SSSR count). The maximum absolute atomic E-state index is 5.85. The number of benzene rings is 2. The average molecular weight is 476 g/mol. The Morgan fingerprint density at radius 3 is 2.70 bits per heavy atom. The maximum Gasteiger partial charge on any atom is 0.191 e. The minimum absolute atomic E-state index is 0. The molecule has 0 aliphatic carbocycles. The molecule has 2 N–H and O–H groups in total. The fourth-order valence-electron chi connectivity index (χ4n) is 3.43. The van der Waals surface area contributed by atoms with Crippen molar-refractivity contribution < 1.29 is 4.42 Å². The number of guanidine groups is 1. The van der Waals surface area contributed by atoms with Gasteiger partial charge in [0.15, 0.2) is 5.96 Å². The molecule has 2 heterocycles. The third-order valence-corrected chi connectivity index (χ3v) is 4.78. The van der Waals surface area contributed by atoms with Gasteiger partial charge in [0.25, 0.3) is 0 Å². The van der Waals surface area contributed by atoms with Gasteiger partial charge in [-0.25, -0.2) is 0 Å². The largest absolute Gasteiger partial charge is 0.459 e. The third kappa shape index (κ3) is 4.74. The molecule has 1 atom stereocenters. The summed E-state index contributed by atoms with van der Waals surface area (Å²) < 4.78 is 5.85. The van der Waals surface area contributed by atoms with Crippen LogP contribution in [0.4, 0.5) is 5.69 Å². The second-order valence-electron chi connectivity index (χ2n) is 6.59. The third-order valence-electron chi connectivity index (χ3n) is 4.78. The molecule has 1 unspecified atom stereocenters. The molecular weight excluding hydrogens is 451 g/mol. The van der Waals surface area contributed by atoms with Crippen molar-refractivity contribution in [3.8, 4) is 0 Å². The molecule has 1 fully saturated rings. The van der Waals surface area contributed by atoms with Gasteiger partial charge in [-0.15, -0.1) is 24.0 Å². The fourth-order valence-corrected chi connectivity index (χ4v) is 3.43. The summed E-state index contributed by atoms with van der Waals surface area (Å²) in [5.74, 6) is 1.72. The highest BCUT2D eigenvalue weighted by Crippen LogP contribution is 2.20. The molecule has 0 bridgehead atoms. The van der Waals surface area contributed by atoms with Crippen molar-refractivity contribution in [2.45, 2.75) is 19.0 Å². The van der Waals surface area contributed by atoms with E-state index in [0.29, 0.717) is 12.6 Å². The molecule has 1 aromatic heterocycles. The second kappa shape index (κ2) is 9.12. The average Bonchev–Trinajstić information content (AvgIpc) is 3.32. The Balaban J connectivity index is 0.00000210. The standard InChI is InChI=1S/C21H24N4O.HI/c1-22-21(23-14-19-13-16-7-5-6-10-20(16)26-19)24-17-11-12-25(15-17)18-8-3-2-4-9-18;/h2-10,13,17H,11-12,14-15H2,1H3,(H2,22,23,24);1H. The van der Waals surface area contributed by atoms with E-state index in [4.69, 9.17) is 4.42 Å². The van der Waals surface area contributed by atoms with Gasteiger partial charge in [0, 0.05) is 37.3 Å². The molecule has 1 saturated heterocycles. The molecule has 2 aromatic carbocycles. The second-order valence-corrected chi connectivity index (χ2v) is 6.59. The summed E-state index contributed by atoms with van der Waals surface area (Å²) in [7, 11) is 1.80. The van der Waals surface area contributed by atoms with Crippen LogP contribution in [0.15, 0.2) is 70.1 Å². The minimum Gasteiger partial charge on any atom is -0.459 e. The lowest BCUT2D eigenvalue weighted by Gasteiger charge is -2.20. The number of hydrogen-bond acceptors (Lipinski definition) is 3. The lowest BCUT2D eigenvalue weighted by molar-refractivity contribution is 0.535. The van der Waals surface area contributed by atoms with Crippen LogP contribution in [0.5, 0.6) is 0 Å². The van der Waals surface area contributed by atoms with Crippen LogP contribution in [-0.2, 0) is 6.54 Å². The Morgan fingerprint density at radius 1 is 1.15 bits per heavy atom. The number of rotatable bonds is 4. The van der Waals surface area contributed by atoms with E-state index in [2.05, 4.69) is 63.0 Å². The summed E-state index contributed by atoms with van der Waals surface area (Å²) in [6, 6.07) is 21.1. The Bertz CT molecular complexity index is 860. The van der Waals surface area contributed by atoms with Crippen molar-refractivity contribution in [1.82, 2.24) is 10.6 Å². The predicted molar refractivity (Wildman–Crippen MR) is 122 cm³/mol. The van der Waals surface area contributed by atoms with E-state index < -0.39 is 0 Å². The molecule has 6 heteroatoms. The van der Waals surface area contributed by atoms with Crippen molar-refractivity contribution in [2.24, 2.45) is 4.99 Å². The Labute approximate surface area is 176 Å². The number of nitrogens with one attached hydrogen (secondary N) is 2. The van der Waals surface area contributed by atoms with E-state index in [1.54, 1.807) is 7.05 Å². The van der Waals surface area contributed by atoms with Crippen LogP contribution in [0, 0.1) is 0 Å². The topological polar surface area (TPSA) is 52.8 Å². The van der Waals surface area contributed by atoms with Crippen molar-refractivity contribution >= 4 is 46.6 Å². The van der Waals surface area contributed by atoms with Gasteiger partial charge < -0.3 is 20.0 Å². The van der Waals surface area contributed by atoms with E-state index in [9.17, 15) is 0 Å². The molecule has 1 aliphatic rings. The first-order valence-electron chi connectivity index (χ1n) is 9.06. The van der Waals surface area contributed by atoms with E-state index in [-0.39, 0.29) is 24.0 Å². The van der Waals surface area contributed by atoms with Crippen LogP contribution < -0.4 is 15.5 Å². The summed E-state index contributed by atoms with van der Waals surface area (Å²) in [4.78, 5) is 6.76. The zero-order valence-electron chi connectivity index (χ0n) is 15.4. The normalized spacial score (nSPS) is 17.0. The Kier molecular flexibility index (Phi) is 6.60. The van der Waals surface area contributed by atoms with Crippen LogP contribution in [-0.4, -0.2) is 32.1 Å². The number of anilines is 1. The van der Waals surface area contributed by atoms with Crippen molar-refractivity contribution in [1.29, 1.82) is 0 Å². The predicted octanol–water partition coefficient (Wildman–Crippen LogP) is 3.99. The number of hydrogen-bond donors (Lipinski definition) is 2. The quantitative estimate of drug-likeness (QED) is 0.340. The van der Waals surface area contributed by atoms with Crippen LogP contribution in [0.3, 0.4) is 0 Å². The SMILES string of the molecule is CN=C(NCc1cc2ccccc2o1)NC1CCN(c2ccccc2)C1.I. The summed E-state index contributed by atoms with van der Waals surface area (Å²) in [6.07, 6.45) is 1.10. The fraction of sp³-hybridized carbons (Fsp3) is 0.286. The highest BCUT2D eigenvalue weighted by atomic mass is 127. The van der Waals surface area contributed by atoms with E-state index in [1.165, 1.54) is 5.69 Å². The first-order valence-corrected chi connectivity index (χ1v) is 9.06. The van der Waals surface area contributed by atoms with Crippen LogP contribution >= 0.6 is 24.0 Å². The van der Waals surface area contributed by atoms with Gasteiger partial charge in [0.1, 0.15) is 11.3 Å². The molecule has 3 aromatic rings. The molecule has 142 valence electrons. The van der Waals surface area contributed by atoms with Gasteiger partial charge >= 0.3 is 0 Å². The van der Waals surface area contributed by atoms with Crippen molar-refractivity contribution in [3.63, 3.8) is 0 Å². The number of para-hydroxylation sites is 2. The Morgan fingerprint density at radius 2 is 1.93 bits per heavy atom. The van der Waals surface area contributed by atoms with Gasteiger partial charge in [-0.3, -0.25) is 4.99 Å². The molecule has 0 saturated carbocycles. The Hall–Kier alpha value is -2.22. The smallest absolute Gasteiger partial charge is 0.191 e. The van der Waals surface area contributed by atoms with Crippen molar-refractivity contribution in [3.05, 3.63) is 66.4 Å².